The highest BCUT2D eigenvalue weighted by Gasteiger charge is 2.02. The van der Waals surface area contributed by atoms with Gasteiger partial charge in [0.05, 0.1) is 18.2 Å². The van der Waals surface area contributed by atoms with Crippen LogP contribution in [-0.2, 0) is 0 Å². The SMILES string of the molecule is CCCCCOc1ccc(C#Cc2ccc(/C(C#N)=C\c3ccncc3)cc2)c(C)c1. The molecule has 0 saturated carbocycles. The van der Waals surface area contributed by atoms with Gasteiger partial charge < -0.3 is 4.74 Å². The van der Waals surface area contributed by atoms with Gasteiger partial charge >= 0.3 is 0 Å². The van der Waals surface area contributed by atoms with Crippen LogP contribution >= 0.6 is 0 Å². The fourth-order valence-corrected chi connectivity index (χ4v) is 3.09. The van der Waals surface area contributed by atoms with E-state index >= 15 is 0 Å². The zero-order valence-corrected chi connectivity index (χ0v) is 18.1. The molecule has 0 aliphatic carbocycles. The average Bonchev–Trinajstić information content (AvgIpc) is 2.81. The molecule has 0 N–H and O–H groups in total. The number of benzene rings is 2. The number of ether oxygens (including phenoxy) is 1. The Morgan fingerprint density at radius 2 is 1.77 bits per heavy atom. The van der Waals surface area contributed by atoms with Crippen LogP contribution in [0.4, 0.5) is 0 Å². The molecule has 0 fully saturated rings. The number of aromatic nitrogens is 1. The minimum Gasteiger partial charge on any atom is -0.494 e. The third-order valence-corrected chi connectivity index (χ3v) is 4.89. The number of nitrogens with zero attached hydrogens (tertiary/aromatic N) is 2. The summed E-state index contributed by atoms with van der Waals surface area (Å²) in [6, 6.07) is 19.8. The van der Waals surface area contributed by atoms with E-state index in [-0.39, 0.29) is 0 Å². The van der Waals surface area contributed by atoms with E-state index in [9.17, 15) is 5.26 Å². The zero-order valence-electron chi connectivity index (χ0n) is 18.1. The summed E-state index contributed by atoms with van der Waals surface area (Å²) in [5.41, 5.74) is 5.42. The van der Waals surface area contributed by atoms with Gasteiger partial charge in [-0.3, -0.25) is 4.98 Å². The predicted molar refractivity (Wildman–Crippen MR) is 126 cm³/mol. The van der Waals surface area contributed by atoms with Gasteiger partial charge in [0.2, 0.25) is 0 Å². The van der Waals surface area contributed by atoms with Gasteiger partial charge in [-0.2, -0.15) is 5.26 Å². The van der Waals surface area contributed by atoms with Crippen LogP contribution in [0.25, 0.3) is 11.6 Å². The molecular formula is C28H26N2O. The van der Waals surface area contributed by atoms with Gasteiger partial charge in [0, 0.05) is 23.5 Å². The molecule has 0 saturated heterocycles. The number of hydrogen-bond acceptors (Lipinski definition) is 3. The highest BCUT2D eigenvalue weighted by Crippen LogP contribution is 2.19. The zero-order chi connectivity index (χ0) is 21.9. The Kier molecular flexibility index (Phi) is 8.04. The quantitative estimate of drug-likeness (QED) is 0.258. The number of pyridine rings is 1. The van der Waals surface area contributed by atoms with Crippen molar-refractivity contribution in [2.75, 3.05) is 6.61 Å². The number of unbranched alkanes of at least 4 members (excludes halogenated alkanes) is 2. The molecule has 0 aliphatic rings. The average molecular weight is 407 g/mol. The summed E-state index contributed by atoms with van der Waals surface area (Å²) < 4.78 is 5.81. The van der Waals surface area contributed by atoms with E-state index in [0.29, 0.717) is 5.57 Å². The minimum atomic E-state index is 0.607. The van der Waals surface area contributed by atoms with Gasteiger partial charge in [0.15, 0.2) is 0 Å². The number of hydrogen-bond donors (Lipinski definition) is 0. The van der Waals surface area contributed by atoms with E-state index in [4.69, 9.17) is 4.74 Å². The van der Waals surface area contributed by atoms with Crippen molar-refractivity contribution in [3.8, 4) is 23.7 Å². The molecule has 3 heteroatoms. The Hall–Kier alpha value is -3.82. The molecule has 3 aromatic rings. The van der Waals surface area contributed by atoms with Crippen molar-refractivity contribution in [2.24, 2.45) is 0 Å². The molecule has 3 nitrogen and oxygen atoms in total. The van der Waals surface area contributed by atoms with Gasteiger partial charge in [-0.05, 0) is 78.6 Å². The first-order chi connectivity index (χ1) is 15.2. The number of nitriles is 1. The number of aryl methyl sites for hydroxylation is 1. The molecular weight excluding hydrogens is 380 g/mol. The van der Waals surface area contributed by atoms with Crippen LogP contribution in [0, 0.1) is 30.1 Å². The molecule has 0 unspecified atom stereocenters. The summed E-state index contributed by atoms with van der Waals surface area (Å²) in [5, 5.41) is 9.52. The lowest BCUT2D eigenvalue weighted by Gasteiger charge is -2.07. The van der Waals surface area contributed by atoms with Gasteiger partial charge in [-0.1, -0.05) is 43.7 Å². The van der Waals surface area contributed by atoms with Crippen LogP contribution in [0.2, 0.25) is 0 Å². The van der Waals surface area contributed by atoms with Crippen LogP contribution in [0.1, 0.15) is 54.0 Å². The maximum absolute atomic E-state index is 9.52. The molecule has 2 aromatic carbocycles. The second-order valence-corrected chi connectivity index (χ2v) is 7.31. The number of rotatable bonds is 7. The Morgan fingerprint density at radius 1 is 1.00 bits per heavy atom. The lowest BCUT2D eigenvalue weighted by atomic mass is 10.0. The fourth-order valence-electron chi connectivity index (χ4n) is 3.09. The van der Waals surface area contributed by atoms with Crippen molar-refractivity contribution in [3.63, 3.8) is 0 Å². The summed E-state index contributed by atoms with van der Waals surface area (Å²) in [5.74, 6) is 7.35. The summed E-state index contributed by atoms with van der Waals surface area (Å²) in [6.45, 7) is 4.99. The second-order valence-electron chi connectivity index (χ2n) is 7.31. The van der Waals surface area contributed by atoms with E-state index in [0.717, 1.165) is 46.6 Å². The second kappa shape index (κ2) is 11.4. The first kappa shape index (κ1) is 21.9. The van der Waals surface area contributed by atoms with Crippen LogP contribution in [0.5, 0.6) is 5.75 Å². The molecule has 1 aromatic heterocycles. The first-order valence-corrected chi connectivity index (χ1v) is 10.6. The van der Waals surface area contributed by atoms with Crippen molar-refractivity contribution < 1.29 is 4.74 Å². The topological polar surface area (TPSA) is 45.9 Å². The molecule has 3 rings (SSSR count). The van der Waals surface area contributed by atoms with Crippen LogP contribution in [0.15, 0.2) is 67.0 Å². The highest BCUT2D eigenvalue weighted by molar-refractivity contribution is 5.89. The van der Waals surface area contributed by atoms with Gasteiger partial charge in [-0.25, -0.2) is 0 Å². The maximum Gasteiger partial charge on any atom is 0.119 e. The largest absolute Gasteiger partial charge is 0.494 e. The molecule has 0 spiro atoms. The Morgan fingerprint density at radius 3 is 2.45 bits per heavy atom. The Labute approximate surface area is 185 Å². The van der Waals surface area contributed by atoms with Crippen LogP contribution in [-0.4, -0.2) is 11.6 Å². The molecule has 0 amide bonds. The smallest absolute Gasteiger partial charge is 0.119 e. The van der Waals surface area contributed by atoms with Gasteiger partial charge in [-0.15, -0.1) is 0 Å². The highest BCUT2D eigenvalue weighted by atomic mass is 16.5. The third-order valence-electron chi connectivity index (χ3n) is 4.89. The Bertz CT molecular complexity index is 1130. The summed E-state index contributed by atoms with van der Waals surface area (Å²) in [6.07, 6.45) is 8.75. The van der Waals surface area contributed by atoms with E-state index in [1.807, 2.05) is 60.7 Å². The summed E-state index contributed by atoms with van der Waals surface area (Å²) in [7, 11) is 0. The molecule has 0 radical (unpaired) electrons. The van der Waals surface area contributed by atoms with E-state index in [1.54, 1.807) is 12.4 Å². The molecule has 1 heterocycles. The van der Waals surface area contributed by atoms with Crippen molar-refractivity contribution in [3.05, 3.63) is 94.8 Å². The Balaban J connectivity index is 1.69. The van der Waals surface area contributed by atoms with E-state index < -0.39 is 0 Å². The number of allylic oxidation sites excluding steroid dienone is 1. The molecule has 0 bridgehead atoms. The van der Waals surface area contributed by atoms with Crippen LogP contribution in [0.3, 0.4) is 0 Å². The van der Waals surface area contributed by atoms with Gasteiger partial charge in [0.25, 0.3) is 0 Å². The van der Waals surface area contributed by atoms with Crippen molar-refractivity contribution in [1.29, 1.82) is 5.26 Å². The van der Waals surface area contributed by atoms with Crippen molar-refractivity contribution in [1.82, 2.24) is 4.98 Å². The van der Waals surface area contributed by atoms with Crippen LogP contribution < -0.4 is 4.74 Å². The first-order valence-electron chi connectivity index (χ1n) is 10.6. The lowest BCUT2D eigenvalue weighted by Crippen LogP contribution is -1.97. The normalized spacial score (nSPS) is 10.7. The molecule has 154 valence electrons. The monoisotopic (exact) mass is 406 g/mol. The maximum atomic E-state index is 9.52. The lowest BCUT2D eigenvalue weighted by molar-refractivity contribution is 0.306. The standard InChI is InChI=1S/C28H26N2O/c1-3-4-5-18-31-28-13-12-25(22(2)19-28)9-6-23-7-10-26(11-8-23)27(21-29)20-24-14-16-30-17-15-24/h7-8,10-17,19-20H,3-5,18H2,1-2H3/b27-20-. The minimum absolute atomic E-state index is 0.607. The predicted octanol–water partition coefficient (Wildman–Crippen LogP) is 6.42. The molecule has 0 aliphatic heterocycles. The third kappa shape index (κ3) is 6.59. The van der Waals surface area contributed by atoms with E-state index in [2.05, 4.69) is 36.7 Å². The molecule has 31 heavy (non-hydrogen) atoms. The summed E-state index contributed by atoms with van der Waals surface area (Å²) in [4.78, 5) is 4.00. The van der Waals surface area contributed by atoms with E-state index in [1.165, 1.54) is 12.8 Å². The van der Waals surface area contributed by atoms with Crippen molar-refractivity contribution >= 4 is 11.6 Å². The van der Waals surface area contributed by atoms with Gasteiger partial charge in [0.1, 0.15) is 5.75 Å². The van der Waals surface area contributed by atoms with Crippen molar-refractivity contribution in [2.45, 2.75) is 33.1 Å². The fraction of sp³-hybridized carbons (Fsp3) is 0.214. The molecule has 0 atom stereocenters. The summed E-state index contributed by atoms with van der Waals surface area (Å²) >= 11 is 0.